The minimum Gasteiger partial charge on any atom is -0.328 e. The molecule has 0 spiro atoms. The van der Waals surface area contributed by atoms with Crippen molar-refractivity contribution in [1.82, 2.24) is 0 Å². The van der Waals surface area contributed by atoms with Crippen LogP contribution in [-0.2, 0) is 0 Å². The maximum atomic E-state index is 12.1. The van der Waals surface area contributed by atoms with E-state index >= 15 is 0 Å². The molecule has 80 valence electrons. The first-order valence-electron chi connectivity index (χ1n) is 5.22. The molecule has 0 aromatic heterocycles. The average Bonchev–Trinajstić information content (AvgIpc) is 2.64. The number of benzene rings is 1. The summed E-state index contributed by atoms with van der Waals surface area (Å²) >= 11 is 3.37. The summed E-state index contributed by atoms with van der Waals surface area (Å²) in [6.45, 7) is 0. The maximum absolute atomic E-state index is 12.1. The van der Waals surface area contributed by atoms with Crippen LogP contribution in [0.5, 0.6) is 0 Å². The predicted molar refractivity (Wildman–Crippen MR) is 63.8 cm³/mol. The van der Waals surface area contributed by atoms with Crippen LogP contribution in [-0.4, -0.2) is 11.8 Å². The van der Waals surface area contributed by atoms with Crippen LogP contribution in [0.4, 0.5) is 0 Å². The highest BCUT2D eigenvalue weighted by atomic mass is 79.9. The average molecular weight is 268 g/mol. The Morgan fingerprint density at radius 1 is 1.40 bits per heavy atom. The van der Waals surface area contributed by atoms with Gasteiger partial charge in [-0.15, -0.1) is 0 Å². The third-order valence-corrected chi connectivity index (χ3v) is 3.45. The van der Waals surface area contributed by atoms with Crippen molar-refractivity contribution < 1.29 is 4.79 Å². The Kier molecular flexibility index (Phi) is 3.22. The lowest BCUT2D eigenvalue weighted by atomic mass is 9.96. The summed E-state index contributed by atoms with van der Waals surface area (Å²) in [5, 5.41) is 0. The summed E-state index contributed by atoms with van der Waals surface area (Å²) in [4.78, 5) is 12.1. The van der Waals surface area contributed by atoms with Gasteiger partial charge in [0.15, 0.2) is 5.78 Å². The third kappa shape index (κ3) is 2.47. The van der Waals surface area contributed by atoms with Gasteiger partial charge in [0.25, 0.3) is 0 Å². The van der Waals surface area contributed by atoms with Gasteiger partial charge in [-0.05, 0) is 31.4 Å². The fourth-order valence-electron chi connectivity index (χ4n) is 2.13. The fourth-order valence-corrected chi connectivity index (χ4v) is 2.53. The molecule has 3 heteroatoms. The molecular formula is C12H14BrNO. The zero-order valence-corrected chi connectivity index (χ0v) is 10.0. The summed E-state index contributed by atoms with van der Waals surface area (Å²) in [6, 6.07) is 7.79. The predicted octanol–water partition coefficient (Wildman–Crippen LogP) is 2.76. The van der Waals surface area contributed by atoms with Crippen molar-refractivity contribution in [2.24, 2.45) is 11.7 Å². The summed E-state index contributed by atoms with van der Waals surface area (Å²) in [5.41, 5.74) is 6.60. The molecule has 0 saturated heterocycles. The topological polar surface area (TPSA) is 43.1 Å². The second-order valence-corrected chi connectivity index (χ2v) is 5.06. The SMILES string of the molecule is NC1CCC(C(=O)c2cccc(Br)c2)C1. The van der Waals surface area contributed by atoms with E-state index in [1.54, 1.807) is 0 Å². The number of Topliss-reactive ketones (excluding diaryl/α,β-unsaturated/α-hetero) is 1. The van der Waals surface area contributed by atoms with Crippen LogP contribution in [0.15, 0.2) is 28.7 Å². The van der Waals surface area contributed by atoms with Crippen molar-refractivity contribution in [2.75, 3.05) is 0 Å². The Morgan fingerprint density at radius 3 is 2.80 bits per heavy atom. The number of halogens is 1. The van der Waals surface area contributed by atoms with Gasteiger partial charge in [-0.1, -0.05) is 28.1 Å². The molecular weight excluding hydrogens is 254 g/mol. The lowest BCUT2D eigenvalue weighted by Crippen LogP contribution is -2.18. The molecule has 1 aromatic carbocycles. The summed E-state index contributed by atoms with van der Waals surface area (Å²) in [5.74, 6) is 0.374. The Morgan fingerprint density at radius 2 is 2.20 bits per heavy atom. The summed E-state index contributed by atoms with van der Waals surface area (Å²) in [6.07, 6.45) is 2.75. The standard InChI is InChI=1S/C12H14BrNO/c13-10-3-1-2-8(6-10)12(15)9-4-5-11(14)7-9/h1-3,6,9,11H,4-5,7,14H2. The Labute approximate surface area is 98.0 Å². The van der Waals surface area contributed by atoms with Crippen LogP contribution in [0, 0.1) is 5.92 Å². The Balaban J connectivity index is 2.14. The van der Waals surface area contributed by atoms with Gasteiger partial charge in [-0.3, -0.25) is 4.79 Å². The highest BCUT2D eigenvalue weighted by Crippen LogP contribution is 2.28. The zero-order valence-electron chi connectivity index (χ0n) is 8.45. The van der Waals surface area contributed by atoms with E-state index in [4.69, 9.17) is 5.73 Å². The van der Waals surface area contributed by atoms with Crippen molar-refractivity contribution in [3.8, 4) is 0 Å². The Hall–Kier alpha value is -0.670. The number of carbonyl (C=O) groups excluding carboxylic acids is 1. The molecule has 1 aliphatic rings. The van der Waals surface area contributed by atoms with E-state index in [2.05, 4.69) is 15.9 Å². The molecule has 15 heavy (non-hydrogen) atoms. The largest absolute Gasteiger partial charge is 0.328 e. The van der Waals surface area contributed by atoms with E-state index in [0.29, 0.717) is 0 Å². The first kappa shape index (κ1) is 10.8. The molecule has 2 nitrogen and oxygen atoms in total. The minimum atomic E-state index is 0.134. The molecule has 2 atom stereocenters. The fraction of sp³-hybridized carbons (Fsp3) is 0.417. The van der Waals surface area contributed by atoms with Crippen molar-refractivity contribution in [3.05, 3.63) is 34.3 Å². The molecule has 2 unspecified atom stereocenters. The number of nitrogens with two attached hydrogens (primary N) is 1. The van der Waals surface area contributed by atoms with Gasteiger partial charge in [-0.25, -0.2) is 0 Å². The molecule has 1 fully saturated rings. The summed E-state index contributed by atoms with van der Waals surface area (Å²) in [7, 11) is 0. The van der Waals surface area contributed by atoms with E-state index in [-0.39, 0.29) is 17.7 Å². The van der Waals surface area contributed by atoms with Gasteiger partial charge in [0.2, 0.25) is 0 Å². The van der Waals surface area contributed by atoms with E-state index in [1.165, 1.54) is 0 Å². The lowest BCUT2D eigenvalue weighted by Gasteiger charge is -2.08. The Bertz CT molecular complexity index is 378. The zero-order chi connectivity index (χ0) is 10.8. The number of ketones is 1. The molecule has 0 bridgehead atoms. The van der Waals surface area contributed by atoms with E-state index < -0.39 is 0 Å². The van der Waals surface area contributed by atoms with Crippen LogP contribution >= 0.6 is 15.9 Å². The van der Waals surface area contributed by atoms with Gasteiger partial charge in [0, 0.05) is 22.0 Å². The highest BCUT2D eigenvalue weighted by molar-refractivity contribution is 9.10. The number of rotatable bonds is 2. The van der Waals surface area contributed by atoms with Crippen LogP contribution in [0.25, 0.3) is 0 Å². The van der Waals surface area contributed by atoms with Crippen LogP contribution < -0.4 is 5.73 Å². The van der Waals surface area contributed by atoms with Gasteiger partial charge >= 0.3 is 0 Å². The molecule has 0 amide bonds. The van der Waals surface area contributed by atoms with Gasteiger partial charge in [0.1, 0.15) is 0 Å². The molecule has 0 heterocycles. The van der Waals surface area contributed by atoms with Crippen LogP contribution in [0.3, 0.4) is 0 Å². The van der Waals surface area contributed by atoms with E-state index in [1.807, 2.05) is 24.3 Å². The first-order valence-corrected chi connectivity index (χ1v) is 6.01. The normalized spacial score (nSPS) is 25.5. The minimum absolute atomic E-state index is 0.134. The van der Waals surface area contributed by atoms with Gasteiger partial charge < -0.3 is 5.73 Å². The van der Waals surface area contributed by atoms with Crippen LogP contribution in [0.1, 0.15) is 29.6 Å². The molecule has 1 saturated carbocycles. The third-order valence-electron chi connectivity index (χ3n) is 2.95. The van der Waals surface area contributed by atoms with E-state index in [9.17, 15) is 4.79 Å². The monoisotopic (exact) mass is 267 g/mol. The lowest BCUT2D eigenvalue weighted by molar-refractivity contribution is 0.0922. The number of hydrogen-bond donors (Lipinski definition) is 1. The van der Waals surface area contributed by atoms with Gasteiger partial charge in [-0.2, -0.15) is 0 Å². The molecule has 1 aromatic rings. The summed E-state index contributed by atoms with van der Waals surface area (Å²) < 4.78 is 0.954. The molecule has 2 rings (SSSR count). The number of carbonyl (C=O) groups is 1. The molecule has 0 radical (unpaired) electrons. The quantitative estimate of drug-likeness (QED) is 0.838. The van der Waals surface area contributed by atoms with Crippen molar-refractivity contribution in [3.63, 3.8) is 0 Å². The number of hydrogen-bond acceptors (Lipinski definition) is 2. The van der Waals surface area contributed by atoms with Crippen LogP contribution in [0.2, 0.25) is 0 Å². The van der Waals surface area contributed by atoms with Gasteiger partial charge in [0.05, 0.1) is 0 Å². The van der Waals surface area contributed by atoms with Crippen molar-refractivity contribution in [1.29, 1.82) is 0 Å². The first-order chi connectivity index (χ1) is 7.16. The second-order valence-electron chi connectivity index (χ2n) is 4.14. The maximum Gasteiger partial charge on any atom is 0.166 e. The molecule has 2 N–H and O–H groups in total. The van der Waals surface area contributed by atoms with Crippen molar-refractivity contribution >= 4 is 21.7 Å². The second kappa shape index (κ2) is 4.45. The van der Waals surface area contributed by atoms with E-state index in [0.717, 1.165) is 29.3 Å². The highest BCUT2D eigenvalue weighted by Gasteiger charge is 2.28. The van der Waals surface area contributed by atoms with Crippen molar-refractivity contribution in [2.45, 2.75) is 25.3 Å². The molecule has 0 aliphatic heterocycles. The smallest absolute Gasteiger partial charge is 0.166 e. The molecule has 1 aliphatic carbocycles.